The average Bonchev–Trinajstić information content (AvgIpc) is 2.12. The molecule has 0 radical (unpaired) electrons. The highest BCUT2D eigenvalue weighted by atomic mass is 32.2. The zero-order valence-corrected chi connectivity index (χ0v) is 7.61. The second kappa shape index (κ2) is 3.78. The first-order valence-corrected chi connectivity index (χ1v) is 5.52. The van der Waals surface area contributed by atoms with Gasteiger partial charge >= 0.3 is 0 Å². The third-order valence-electron chi connectivity index (χ3n) is 2.39. The largest absolute Gasteiger partial charge is 0.378 e. The Hall–Kier alpha value is 0.270. The van der Waals surface area contributed by atoms with Gasteiger partial charge in [-0.15, -0.1) is 0 Å². The highest BCUT2D eigenvalue weighted by Crippen LogP contribution is 2.16. The lowest BCUT2D eigenvalue weighted by Crippen LogP contribution is -2.49. The topological polar surface area (TPSA) is 12.5 Å². The monoisotopic (exact) mass is 173 g/mol. The van der Waals surface area contributed by atoms with Crippen LogP contribution >= 0.6 is 11.8 Å². The summed E-state index contributed by atoms with van der Waals surface area (Å²) in [5.74, 6) is 2.67. The van der Waals surface area contributed by atoms with Gasteiger partial charge in [0, 0.05) is 12.3 Å². The highest BCUT2D eigenvalue weighted by molar-refractivity contribution is 7.99. The maximum Gasteiger partial charge on any atom is 0.0645 e. The molecule has 0 amide bonds. The molecule has 0 bridgehead atoms. The summed E-state index contributed by atoms with van der Waals surface area (Å²) < 4.78 is 5.18. The molecule has 0 aromatic rings. The fourth-order valence-corrected chi connectivity index (χ4v) is 2.47. The van der Waals surface area contributed by atoms with Crippen molar-refractivity contribution in [2.24, 2.45) is 0 Å². The molecule has 2 aliphatic heterocycles. The number of hydrogen-bond acceptors (Lipinski definition) is 3. The van der Waals surface area contributed by atoms with Crippen molar-refractivity contribution in [3.05, 3.63) is 0 Å². The molecule has 0 spiro atoms. The molecule has 11 heavy (non-hydrogen) atoms. The molecule has 0 aliphatic carbocycles. The minimum Gasteiger partial charge on any atom is -0.378 e. The van der Waals surface area contributed by atoms with Crippen LogP contribution in [0.1, 0.15) is 6.42 Å². The van der Waals surface area contributed by atoms with Crippen molar-refractivity contribution in [2.45, 2.75) is 12.5 Å². The van der Waals surface area contributed by atoms with E-state index in [1.807, 2.05) is 0 Å². The number of nitrogens with zero attached hydrogens (tertiary/aromatic N) is 1. The van der Waals surface area contributed by atoms with Crippen molar-refractivity contribution in [1.82, 2.24) is 4.90 Å². The van der Waals surface area contributed by atoms with Crippen LogP contribution < -0.4 is 0 Å². The summed E-state index contributed by atoms with van der Waals surface area (Å²) in [6, 6.07) is 0.758. The van der Waals surface area contributed by atoms with E-state index < -0.39 is 0 Å². The smallest absolute Gasteiger partial charge is 0.0645 e. The van der Waals surface area contributed by atoms with Crippen molar-refractivity contribution in [3.63, 3.8) is 0 Å². The van der Waals surface area contributed by atoms with Gasteiger partial charge in [-0.1, -0.05) is 0 Å². The van der Waals surface area contributed by atoms with Gasteiger partial charge in [0.2, 0.25) is 0 Å². The van der Waals surface area contributed by atoms with E-state index in [2.05, 4.69) is 16.7 Å². The van der Waals surface area contributed by atoms with Crippen molar-refractivity contribution >= 4 is 11.8 Å². The van der Waals surface area contributed by atoms with E-state index in [0.717, 1.165) is 19.3 Å². The summed E-state index contributed by atoms with van der Waals surface area (Å²) in [6.07, 6.45) is 1.36. The summed E-state index contributed by atoms with van der Waals surface area (Å²) in [5.41, 5.74) is 0. The Kier molecular flexibility index (Phi) is 2.72. The number of rotatable bonds is 1. The third-order valence-corrected chi connectivity index (χ3v) is 3.44. The first-order valence-electron chi connectivity index (χ1n) is 4.36. The maximum atomic E-state index is 5.18. The molecule has 0 aromatic heterocycles. The lowest BCUT2D eigenvalue weighted by atomic mass is 10.2. The number of ether oxygens (including phenoxy) is 1. The molecule has 64 valence electrons. The van der Waals surface area contributed by atoms with Gasteiger partial charge in [-0.2, -0.15) is 11.8 Å². The van der Waals surface area contributed by atoms with Gasteiger partial charge in [0.15, 0.2) is 0 Å². The van der Waals surface area contributed by atoms with E-state index in [9.17, 15) is 0 Å². The van der Waals surface area contributed by atoms with E-state index in [-0.39, 0.29) is 0 Å². The van der Waals surface area contributed by atoms with Crippen LogP contribution in [-0.2, 0) is 4.74 Å². The molecule has 0 N–H and O–H groups in total. The summed E-state index contributed by atoms with van der Waals surface area (Å²) in [7, 11) is 0. The van der Waals surface area contributed by atoms with Gasteiger partial charge in [-0.05, 0) is 18.7 Å². The molecule has 2 heterocycles. The van der Waals surface area contributed by atoms with Crippen LogP contribution in [0.4, 0.5) is 0 Å². The van der Waals surface area contributed by atoms with E-state index in [1.165, 1.54) is 31.0 Å². The Labute approximate surface area is 72.3 Å². The van der Waals surface area contributed by atoms with Gasteiger partial charge in [-0.3, -0.25) is 4.90 Å². The van der Waals surface area contributed by atoms with Crippen LogP contribution in [0.25, 0.3) is 0 Å². The summed E-state index contributed by atoms with van der Waals surface area (Å²) in [6.45, 7) is 4.52. The van der Waals surface area contributed by atoms with Crippen molar-refractivity contribution < 1.29 is 4.74 Å². The molecule has 0 atom stereocenters. The Balaban J connectivity index is 1.80. The van der Waals surface area contributed by atoms with E-state index in [1.54, 1.807) is 0 Å². The van der Waals surface area contributed by atoms with Gasteiger partial charge < -0.3 is 4.74 Å². The predicted octanol–water partition coefficient (Wildman–Crippen LogP) is 0.824. The van der Waals surface area contributed by atoms with Gasteiger partial charge in [0.25, 0.3) is 0 Å². The Morgan fingerprint density at radius 3 is 2.82 bits per heavy atom. The molecule has 0 aromatic carbocycles. The van der Waals surface area contributed by atoms with Crippen LogP contribution in [0.15, 0.2) is 0 Å². The molecule has 2 aliphatic rings. The highest BCUT2D eigenvalue weighted by Gasteiger charge is 2.25. The Morgan fingerprint density at radius 2 is 2.09 bits per heavy atom. The van der Waals surface area contributed by atoms with Crippen LogP contribution in [-0.4, -0.2) is 48.8 Å². The second-order valence-electron chi connectivity index (χ2n) is 3.19. The minimum atomic E-state index is 0.758. The molecule has 2 rings (SSSR count). The molecular formula is C8H15NOS. The van der Waals surface area contributed by atoms with Gasteiger partial charge in [0.05, 0.1) is 19.3 Å². The zero-order valence-electron chi connectivity index (χ0n) is 6.79. The Morgan fingerprint density at radius 1 is 1.18 bits per heavy atom. The number of thioether (sulfide) groups is 1. The van der Waals surface area contributed by atoms with Gasteiger partial charge in [0.1, 0.15) is 0 Å². The molecule has 2 fully saturated rings. The molecular weight excluding hydrogens is 158 g/mol. The van der Waals surface area contributed by atoms with Crippen LogP contribution in [0.2, 0.25) is 0 Å². The van der Waals surface area contributed by atoms with Gasteiger partial charge in [-0.25, -0.2) is 0 Å². The van der Waals surface area contributed by atoms with Crippen LogP contribution in [0, 0.1) is 0 Å². The first kappa shape index (κ1) is 7.90. The normalized spacial score (nSPS) is 29.5. The van der Waals surface area contributed by atoms with E-state index in [4.69, 9.17) is 4.74 Å². The lowest BCUT2D eigenvalue weighted by molar-refractivity contribution is -0.0622. The average molecular weight is 173 g/mol. The standard InChI is InChI=1S/C8H15NOS/c1-2-9(3-5-11-4-1)8-6-10-7-8/h8H,1-7H2. The minimum absolute atomic E-state index is 0.758. The van der Waals surface area contributed by atoms with Crippen molar-refractivity contribution in [3.8, 4) is 0 Å². The quantitative estimate of drug-likeness (QED) is 0.582. The fourth-order valence-electron chi connectivity index (χ4n) is 1.56. The predicted molar refractivity (Wildman–Crippen MR) is 48.1 cm³/mol. The van der Waals surface area contributed by atoms with Crippen LogP contribution in [0.5, 0.6) is 0 Å². The molecule has 3 heteroatoms. The summed E-state index contributed by atoms with van der Waals surface area (Å²) in [5, 5.41) is 0. The van der Waals surface area contributed by atoms with E-state index >= 15 is 0 Å². The SMILES string of the molecule is C1CSCCN(C2COC2)C1. The summed E-state index contributed by atoms with van der Waals surface area (Å²) >= 11 is 2.09. The molecule has 0 saturated carbocycles. The van der Waals surface area contributed by atoms with Crippen molar-refractivity contribution in [2.75, 3.05) is 37.8 Å². The third kappa shape index (κ3) is 1.89. The number of hydrogen-bond donors (Lipinski definition) is 0. The van der Waals surface area contributed by atoms with Crippen LogP contribution in [0.3, 0.4) is 0 Å². The van der Waals surface area contributed by atoms with Crippen molar-refractivity contribution in [1.29, 1.82) is 0 Å². The first-order chi connectivity index (χ1) is 5.47. The maximum absolute atomic E-state index is 5.18. The van der Waals surface area contributed by atoms with E-state index in [0.29, 0.717) is 0 Å². The molecule has 2 nitrogen and oxygen atoms in total. The summed E-state index contributed by atoms with van der Waals surface area (Å²) in [4.78, 5) is 2.59. The second-order valence-corrected chi connectivity index (χ2v) is 4.42. The fraction of sp³-hybridized carbons (Fsp3) is 1.00. The lowest BCUT2D eigenvalue weighted by Gasteiger charge is -2.36. The zero-order chi connectivity index (χ0) is 7.52. The molecule has 2 saturated heterocycles. The Bertz CT molecular complexity index is 119. The molecule has 0 unspecified atom stereocenters.